The van der Waals surface area contributed by atoms with E-state index >= 15 is 0 Å². The first-order valence-electron chi connectivity index (χ1n) is 8.73. The molecule has 5 nitrogen and oxygen atoms in total. The van der Waals surface area contributed by atoms with Crippen molar-refractivity contribution in [1.82, 2.24) is 4.98 Å². The van der Waals surface area contributed by atoms with E-state index in [1.165, 1.54) is 11.0 Å². The van der Waals surface area contributed by atoms with Crippen molar-refractivity contribution in [2.75, 3.05) is 11.1 Å². The molecule has 1 aliphatic rings. The van der Waals surface area contributed by atoms with Gasteiger partial charge in [-0.3, -0.25) is 4.79 Å². The van der Waals surface area contributed by atoms with Crippen LogP contribution in [0.2, 0.25) is 0 Å². The molecule has 0 saturated carbocycles. The number of aromatic nitrogens is 1. The lowest BCUT2D eigenvalue weighted by molar-refractivity contribution is 0.605. The standard InChI is InChI=1S/C21H20N2O3S/c1-13-6-7-15(10-14(13)2)19-11-16-4-3-5-18(20(16)21(24)23-19)22-17-8-9-27(25,26)12-17/h3-11,17,22H,12H2,1-2H3,(H,23,24). The van der Waals surface area contributed by atoms with Crippen molar-refractivity contribution < 1.29 is 8.42 Å². The maximum atomic E-state index is 12.8. The number of aryl methyl sites for hydroxylation is 2. The van der Waals surface area contributed by atoms with Crippen molar-refractivity contribution >= 4 is 26.3 Å². The van der Waals surface area contributed by atoms with Crippen LogP contribution in [0.15, 0.2) is 58.7 Å². The number of aromatic amines is 1. The number of sulfone groups is 1. The van der Waals surface area contributed by atoms with Crippen LogP contribution in [0.1, 0.15) is 11.1 Å². The molecule has 2 heterocycles. The molecule has 6 heteroatoms. The van der Waals surface area contributed by atoms with Gasteiger partial charge in [0.1, 0.15) is 0 Å². The van der Waals surface area contributed by atoms with Crippen LogP contribution in [0, 0.1) is 13.8 Å². The minimum Gasteiger partial charge on any atom is -0.377 e. The van der Waals surface area contributed by atoms with E-state index < -0.39 is 9.84 Å². The van der Waals surface area contributed by atoms with E-state index in [0.29, 0.717) is 11.1 Å². The molecule has 2 aromatic carbocycles. The fourth-order valence-corrected chi connectivity index (χ4v) is 4.61. The summed E-state index contributed by atoms with van der Waals surface area (Å²) in [7, 11) is -3.16. The van der Waals surface area contributed by atoms with Crippen molar-refractivity contribution in [3.63, 3.8) is 0 Å². The quantitative estimate of drug-likeness (QED) is 0.728. The molecule has 0 radical (unpaired) electrons. The lowest BCUT2D eigenvalue weighted by atomic mass is 10.0. The highest BCUT2D eigenvalue weighted by atomic mass is 32.2. The second kappa shape index (κ2) is 6.39. The predicted octanol–water partition coefficient (Wildman–Crippen LogP) is 3.53. The van der Waals surface area contributed by atoms with E-state index in [9.17, 15) is 13.2 Å². The minimum atomic E-state index is -3.16. The summed E-state index contributed by atoms with van der Waals surface area (Å²) in [4.78, 5) is 15.8. The van der Waals surface area contributed by atoms with Crippen LogP contribution in [0.4, 0.5) is 5.69 Å². The van der Waals surface area contributed by atoms with E-state index in [1.807, 2.05) is 37.3 Å². The Morgan fingerprint density at radius 1 is 1.07 bits per heavy atom. The average molecular weight is 380 g/mol. The molecular weight excluding hydrogens is 360 g/mol. The number of rotatable bonds is 3. The molecule has 0 amide bonds. The van der Waals surface area contributed by atoms with Gasteiger partial charge in [-0.1, -0.05) is 30.3 Å². The SMILES string of the molecule is Cc1ccc(-c2cc3cccc(NC4C=CS(=O)(=O)C4)c3c(=O)[nH]2)cc1C. The smallest absolute Gasteiger partial charge is 0.258 e. The molecule has 1 atom stereocenters. The van der Waals surface area contributed by atoms with Gasteiger partial charge in [0.15, 0.2) is 9.84 Å². The molecule has 0 spiro atoms. The lowest BCUT2D eigenvalue weighted by Gasteiger charge is -2.14. The molecule has 0 fully saturated rings. The van der Waals surface area contributed by atoms with Crippen molar-refractivity contribution in [1.29, 1.82) is 0 Å². The number of hydrogen-bond donors (Lipinski definition) is 2. The van der Waals surface area contributed by atoms with E-state index in [-0.39, 0.29) is 17.4 Å². The second-order valence-corrected chi connectivity index (χ2v) is 8.92. The Hall–Kier alpha value is -2.86. The van der Waals surface area contributed by atoms with Crippen molar-refractivity contribution in [2.24, 2.45) is 0 Å². The molecule has 3 aromatic rings. The number of nitrogens with one attached hydrogen (secondary N) is 2. The number of benzene rings is 2. The lowest BCUT2D eigenvalue weighted by Crippen LogP contribution is -2.22. The summed E-state index contributed by atoms with van der Waals surface area (Å²) in [5.74, 6) is 0.00200. The van der Waals surface area contributed by atoms with Crippen LogP contribution in [-0.4, -0.2) is 25.2 Å². The van der Waals surface area contributed by atoms with Crippen LogP contribution in [0.5, 0.6) is 0 Å². The van der Waals surface area contributed by atoms with Gasteiger partial charge < -0.3 is 10.3 Å². The maximum absolute atomic E-state index is 12.8. The molecule has 1 aromatic heterocycles. The number of pyridine rings is 1. The molecule has 4 rings (SSSR count). The van der Waals surface area contributed by atoms with Gasteiger partial charge in [0, 0.05) is 16.8 Å². The van der Waals surface area contributed by atoms with Gasteiger partial charge in [-0.25, -0.2) is 8.42 Å². The van der Waals surface area contributed by atoms with Crippen LogP contribution in [0.25, 0.3) is 22.0 Å². The molecule has 1 aliphatic heterocycles. The van der Waals surface area contributed by atoms with E-state index in [0.717, 1.165) is 22.2 Å². The fraction of sp³-hybridized carbons (Fsp3) is 0.190. The van der Waals surface area contributed by atoms with E-state index in [1.54, 1.807) is 12.1 Å². The van der Waals surface area contributed by atoms with Gasteiger partial charge in [-0.05, 0) is 54.1 Å². The predicted molar refractivity (Wildman–Crippen MR) is 110 cm³/mol. The summed E-state index contributed by atoms with van der Waals surface area (Å²) in [6.07, 6.45) is 1.62. The number of fused-ring (bicyclic) bond motifs is 1. The van der Waals surface area contributed by atoms with Gasteiger partial charge in [0.25, 0.3) is 5.56 Å². The molecule has 0 saturated heterocycles. The largest absolute Gasteiger partial charge is 0.377 e. The zero-order chi connectivity index (χ0) is 19.2. The highest BCUT2D eigenvalue weighted by Crippen LogP contribution is 2.26. The first-order chi connectivity index (χ1) is 12.8. The zero-order valence-corrected chi connectivity index (χ0v) is 15.9. The van der Waals surface area contributed by atoms with Crippen LogP contribution in [0.3, 0.4) is 0 Å². The highest BCUT2D eigenvalue weighted by molar-refractivity contribution is 7.94. The summed E-state index contributed by atoms with van der Waals surface area (Å²) in [5.41, 5.74) is 4.52. The van der Waals surface area contributed by atoms with E-state index in [4.69, 9.17) is 0 Å². The normalized spacial score (nSPS) is 18.1. The number of anilines is 1. The Morgan fingerprint density at radius 3 is 2.59 bits per heavy atom. The molecule has 0 aliphatic carbocycles. The van der Waals surface area contributed by atoms with Gasteiger partial charge in [0.05, 0.1) is 17.2 Å². The summed E-state index contributed by atoms with van der Waals surface area (Å²) in [5, 5.41) is 5.73. The molecule has 138 valence electrons. The van der Waals surface area contributed by atoms with Gasteiger partial charge in [-0.2, -0.15) is 0 Å². The third kappa shape index (κ3) is 3.40. The van der Waals surface area contributed by atoms with Crippen molar-refractivity contribution in [3.05, 3.63) is 75.4 Å². The average Bonchev–Trinajstić information content (AvgIpc) is 2.95. The van der Waals surface area contributed by atoms with Crippen molar-refractivity contribution in [2.45, 2.75) is 19.9 Å². The third-order valence-corrected chi connectivity index (χ3v) is 6.36. The van der Waals surface area contributed by atoms with Crippen molar-refractivity contribution in [3.8, 4) is 11.3 Å². The Balaban J connectivity index is 1.77. The van der Waals surface area contributed by atoms with Gasteiger partial charge in [0.2, 0.25) is 0 Å². The Labute approximate surface area is 157 Å². The minimum absolute atomic E-state index is 0.00200. The Morgan fingerprint density at radius 2 is 1.89 bits per heavy atom. The van der Waals surface area contributed by atoms with E-state index in [2.05, 4.69) is 23.3 Å². The van der Waals surface area contributed by atoms with Crippen LogP contribution in [-0.2, 0) is 9.84 Å². The van der Waals surface area contributed by atoms with Crippen LogP contribution < -0.4 is 10.9 Å². The summed E-state index contributed by atoms with van der Waals surface area (Å²) >= 11 is 0. The highest BCUT2D eigenvalue weighted by Gasteiger charge is 2.22. The number of hydrogen-bond acceptors (Lipinski definition) is 4. The molecular formula is C21H20N2O3S. The summed E-state index contributed by atoms with van der Waals surface area (Å²) in [6.45, 7) is 4.10. The summed E-state index contributed by atoms with van der Waals surface area (Å²) < 4.78 is 23.2. The monoisotopic (exact) mass is 380 g/mol. The Bertz CT molecular complexity index is 1240. The molecule has 2 N–H and O–H groups in total. The molecule has 1 unspecified atom stereocenters. The first kappa shape index (κ1) is 17.5. The van der Waals surface area contributed by atoms with Crippen LogP contribution >= 0.6 is 0 Å². The first-order valence-corrected chi connectivity index (χ1v) is 10.5. The molecule has 0 bridgehead atoms. The maximum Gasteiger partial charge on any atom is 0.258 e. The number of H-pyrrole nitrogens is 1. The third-order valence-electron chi connectivity index (χ3n) is 4.96. The van der Waals surface area contributed by atoms with Gasteiger partial charge in [-0.15, -0.1) is 0 Å². The summed E-state index contributed by atoms with van der Waals surface area (Å²) in [6, 6.07) is 13.3. The molecule has 27 heavy (non-hydrogen) atoms. The second-order valence-electron chi connectivity index (χ2n) is 6.99. The Kier molecular flexibility index (Phi) is 4.15. The zero-order valence-electron chi connectivity index (χ0n) is 15.1. The topological polar surface area (TPSA) is 79.0 Å². The fourth-order valence-electron chi connectivity index (χ4n) is 3.37. The van der Waals surface area contributed by atoms with Gasteiger partial charge >= 0.3 is 0 Å².